The molecule has 4 unspecified atom stereocenters. The molecule has 1 aliphatic heterocycles. The highest BCUT2D eigenvalue weighted by molar-refractivity contribution is 8.13. The molecule has 1 saturated heterocycles. The highest BCUT2D eigenvalue weighted by Crippen LogP contribution is 2.61. The van der Waals surface area contributed by atoms with Gasteiger partial charge in [-0.3, -0.25) is 32.5 Å². The molecule has 0 bridgehead atoms. The second kappa shape index (κ2) is 19.3. The number of thioether (sulfide) groups is 1. The number of alkyl halides is 1. The van der Waals surface area contributed by atoms with Crippen LogP contribution >= 0.6 is 35.2 Å². The summed E-state index contributed by atoms with van der Waals surface area (Å²) in [6, 6.07) is 0. The molecule has 0 saturated carbocycles. The quantitative estimate of drug-likeness (QED) is 0.0498. The molecule has 9 atom stereocenters. The van der Waals surface area contributed by atoms with Crippen molar-refractivity contribution >= 4 is 69.1 Å². The molecule has 11 N–H and O–H groups in total. The Morgan fingerprint density at radius 3 is 2.36 bits per heavy atom. The second-order valence-corrected chi connectivity index (χ2v) is 17.7. The van der Waals surface area contributed by atoms with Crippen LogP contribution in [0.1, 0.15) is 33.4 Å². The molecule has 0 aliphatic carbocycles. The molecule has 0 spiro atoms. The molecular weight excluding hydrogens is 830 g/mol. The summed E-state index contributed by atoms with van der Waals surface area (Å²) in [5.41, 5.74) is 4.18. The Bertz CT molecular complexity index is 1820. The van der Waals surface area contributed by atoms with Gasteiger partial charge in [-0.05, 0) is 6.92 Å². The van der Waals surface area contributed by atoms with Crippen LogP contribution in [0.5, 0.6) is 0 Å². The number of halogens is 1. The molecule has 0 radical (unpaired) electrons. The molecule has 312 valence electrons. The molecule has 2 aromatic rings. The van der Waals surface area contributed by atoms with Gasteiger partial charge in [0, 0.05) is 30.7 Å². The van der Waals surface area contributed by atoms with Gasteiger partial charge in [0.05, 0.1) is 25.6 Å². The molecule has 3 heterocycles. The Hall–Kier alpha value is -2.55. The Morgan fingerprint density at radius 2 is 1.73 bits per heavy atom. The van der Waals surface area contributed by atoms with Gasteiger partial charge in [0.25, 0.3) is 0 Å². The van der Waals surface area contributed by atoms with E-state index in [0.29, 0.717) is 11.8 Å². The molecule has 25 nitrogen and oxygen atoms in total. The maximum absolute atomic E-state index is 13.4. The van der Waals surface area contributed by atoms with Crippen molar-refractivity contribution in [2.75, 3.05) is 37.8 Å². The van der Waals surface area contributed by atoms with Crippen molar-refractivity contribution in [3.63, 3.8) is 0 Å². The summed E-state index contributed by atoms with van der Waals surface area (Å²) in [7, 11) is -16.5. The number of nitrogens with one attached hydrogen (secondary N) is 2. The van der Waals surface area contributed by atoms with Crippen LogP contribution in [0.2, 0.25) is 0 Å². The van der Waals surface area contributed by atoms with E-state index < -0.39 is 102 Å². The van der Waals surface area contributed by atoms with Crippen LogP contribution in [-0.4, -0.2) is 140 Å². The molecule has 2 aromatic heterocycles. The number of ether oxygens (including phenoxy) is 1. The van der Waals surface area contributed by atoms with Gasteiger partial charge in [0.1, 0.15) is 36.3 Å². The maximum Gasteiger partial charge on any atom is 0.481 e. The normalized spacial score (nSPS) is 23.0. The highest BCUT2D eigenvalue weighted by atomic mass is 32.2. The van der Waals surface area contributed by atoms with Crippen LogP contribution < -0.4 is 16.4 Å². The SMILES string of the molecule is CC(O)C(F)C(=O)SCCNC(=O)CCNC(=O)[C@H](O)C(C)(C)COP(=O)(O)OP(=O)(O)OC[C@H]1O[C@@H](n2cnc3c(N)ncnc32)[C@H](O)[C@@H]1OP(=O)(O)O. The first-order chi connectivity index (χ1) is 25.3. The Morgan fingerprint density at radius 1 is 1.07 bits per heavy atom. The number of aliphatic hydroxyl groups excluding tert-OH is 3. The number of carbonyl (C=O) groups is 3. The van der Waals surface area contributed by atoms with Gasteiger partial charge in [0.2, 0.25) is 16.9 Å². The van der Waals surface area contributed by atoms with Crippen molar-refractivity contribution < 1.29 is 90.0 Å². The number of aromatic nitrogens is 4. The lowest BCUT2D eigenvalue weighted by molar-refractivity contribution is -0.137. The maximum atomic E-state index is 13.4. The summed E-state index contributed by atoms with van der Waals surface area (Å²) in [5.74, 6) is -1.65. The van der Waals surface area contributed by atoms with Gasteiger partial charge in [-0.25, -0.2) is 33.0 Å². The number of phosphoric acid groups is 3. The zero-order valence-electron chi connectivity index (χ0n) is 29.1. The predicted molar refractivity (Wildman–Crippen MR) is 184 cm³/mol. The number of aliphatic hydroxyl groups is 3. The number of anilines is 1. The van der Waals surface area contributed by atoms with Gasteiger partial charge < -0.3 is 56.0 Å². The van der Waals surface area contributed by atoms with Gasteiger partial charge in [-0.2, -0.15) is 4.31 Å². The minimum Gasteiger partial charge on any atom is -0.390 e. The average Bonchev–Trinajstić information content (AvgIpc) is 3.64. The summed E-state index contributed by atoms with van der Waals surface area (Å²) < 4.78 is 75.3. The molecule has 1 aliphatic rings. The lowest BCUT2D eigenvalue weighted by atomic mass is 9.87. The fourth-order valence-electron chi connectivity index (χ4n) is 4.56. The van der Waals surface area contributed by atoms with E-state index in [4.69, 9.17) is 24.6 Å². The Labute approximate surface area is 314 Å². The molecular formula is C25H41FN7O18P3S. The highest BCUT2D eigenvalue weighted by Gasteiger charge is 2.50. The number of rotatable bonds is 21. The Balaban J connectivity index is 1.50. The number of nitrogens with zero attached hydrogens (tertiary/aromatic N) is 4. The third-order valence-corrected chi connectivity index (χ3v) is 11.4. The lowest BCUT2D eigenvalue weighted by Crippen LogP contribution is -2.46. The van der Waals surface area contributed by atoms with E-state index >= 15 is 0 Å². The van der Waals surface area contributed by atoms with E-state index in [-0.39, 0.29) is 42.2 Å². The first-order valence-corrected chi connectivity index (χ1v) is 21.2. The Kier molecular flexibility index (Phi) is 16.4. The van der Waals surface area contributed by atoms with Crippen molar-refractivity contribution in [2.45, 2.75) is 70.1 Å². The zero-order chi connectivity index (χ0) is 41.5. The molecule has 55 heavy (non-hydrogen) atoms. The standard InChI is InChI=1S/C25H41FN7O18P3S/c1-12(34)15(26)24(39)55-7-6-28-14(35)4-5-29-22(38)19(37)25(2,3)9-48-54(45,46)51-53(43,44)47-8-13-18(50-52(40,41)42)17(36)23(49-13)33-11-32-16-20(27)30-10-31-21(16)33/h10-13,15,17-19,23,34,36-37H,4-9H2,1-3H3,(H,28,35)(H,29,38)(H,43,44)(H,45,46)(H2,27,30,31)(H2,40,41,42)/t12?,13-,15?,17-,18-,19+,23-/m1/s1. The first-order valence-electron chi connectivity index (χ1n) is 15.7. The van der Waals surface area contributed by atoms with Crippen LogP contribution in [0.3, 0.4) is 0 Å². The second-order valence-electron chi connectivity index (χ2n) is 12.4. The van der Waals surface area contributed by atoms with Crippen LogP contribution in [0.15, 0.2) is 12.7 Å². The minimum absolute atomic E-state index is 0.0133. The van der Waals surface area contributed by atoms with E-state index in [2.05, 4.69) is 34.4 Å². The number of phosphoric ester groups is 3. The van der Waals surface area contributed by atoms with Crippen molar-refractivity contribution in [3.8, 4) is 0 Å². The topological polar surface area (TPSA) is 384 Å². The third-order valence-electron chi connectivity index (χ3n) is 7.39. The number of hydrogen-bond acceptors (Lipinski definition) is 19. The van der Waals surface area contributed by atoms with Crippen LogP contribution in [0, 0.1) is 5.41 Å². The van der Waals surface area contributed by atoms with E-state index in [1.165, 1.54) is 13.8 Å². The third kappa shape index (κ3) is 13.8. The van der Waals surface area contributed by atoms with Crippen molar-refractivity contribution in [1.29, 1.82) is 0 Å². The van der Waals surface area contributed by atoms with Gasteiger partial charge in [0.15, 0.2) is 23.9 Å². The number of imidazole rings is 1. The van der Waals surface area contributed by atoms with E-state index in [0.717, 1.165) is 24.1 Å². The monoisotopic (exact) mass is 871 g/mol. The first kappa shape index (κ1) is 46.8. The largest absolute Gasteiger partial charge is 0.481 e. The number of amides is 2. The van der Waals surface area contributed by atoms with Gasteiger partial charge in [-0.15, -0.1) is 0 Å². The van der Waals surface area contributed by atoms with Gasteiger partial charge >= 0.3 is 23.5 Å². The number of fused-ring (bicyclic) bond motifs is 1. The van der Waals surface area contributed by atoms with E-state index in [1.54, 1.807) is 0 Å². The van der Waals surface area contributed by atoms with Crippen LogP contribution in [-0.2, 0) is 50.7 Å². The predicted octanol–water partition coefficient (Wildman–Crippen LogP) is -1.62. The number of hydrogen-bond donors (Lipinski definition) is 10. The van der Waals surface area contributed by atoms with Crippen LogP contribution in [0.4, 0.5) is 10.2 Å². The summed E-state index contributed by atoms with van der Waals surface area (Å²) in [5, 5.41) is 34.2. The average molecular weight is 872 g/mol. The number of nitrogen functional groups attached to an aromatic ring is 1. The molecule has 0 aromatic carbocycles. The fourth-order valence-corrected chi connectivity index (χ4v) is 8.15. The molecule has 2 amide bonds. The fraction of sp³-hybridized carbons (Fsp3) is 0.680. The summed E-state index contributed by atoms with van der Waals surface area (Å²) in [6.45, 7) is 1.15. The van der Waals surface area contributed by atoms with Crippen molar-refractivity contribution in [2.24, 2.45) is 5.41 Å². The summed E-state index contributed by atoms with van der Waals surface area (Å²) >= 11 is 0.572. The van der Waals surface area contributed by atoms with Crippen LogP contribution in [0.25, 0.3) is 11.2 Å². The summed E-state index contributed by atoms with van der Waals surface area (Å²) in [6.07, 6.45) is -10.7. The van der Waals surface area contributed by atoms with E-state index in [1.807, 2.05) is 0 Å². The van der Waals surface area contributed by atoms with Crippen molar-refractivity contribution in [3.05, 3.63) is 12.7 Å². The minimum atomic E-state index is -5.59. The van der Waals surface area contributed by atoms with E-state index in [9.17, 15) is 62.3 Å². The lowest BCUT2D eigenvalue weighted by Gasteiger charge is -2.30. The van der Waals surface area contributed by atoms with Crippen molar-refractivity contribution in [1.82, 2.24) is 30.2 Å². The number of nitrogens with two attached hydrogens (primary N) is 1. The number of carbonyl (C=O) groups excluding carboxylic acids is 3. The summed E-state index contributed by atoms with van der Waals surface area (Å²) in [4.78, 5) is 86.8. The molecule has 30 heteroatoms. The smallest absolute Gasteiger partial charge is 0.390 e. The molecule has 3 rings (SSSR count). The molecule has 1 fully saturated rings. The van der Waals surface area contributed by atoms with Gasteiger partial charge in [-0.1, -0.05) is 25.6 Å². The zero-order valence-corrected chi connectivity index (χ0v) is 32.6.